The summed E-state index contributed by atoms with van der Waals surface area (Å²) >= 11 is 0. The van der Waals surface area contributed by atoms with Crippen LogP contribution in [0.25, 0.3) is 0 Å². The number of terminal acetylenes is 1. The van der Waals surface area contributed by atoms with Gasteiger partial charge in [0, 0.05) is 13.0 Å². The fourth-order valence-corrected chi connectivity index (χ4v) is 2.15. The molecular weight excluding hydrogens is 274 g/mol. The third kappa shape index (κ3) is 4.92. The Balaban J connectivity index is 1.87. The van der Waals surface area contributed by atoms with Crippen molar-refractivity contribution in [1.29, 1.82) is 0 Å². The number of nitrogens with one attached hydrogen (secondary N) is 1. The van der Waals surface area contributed by atoms with Crippen molar-refractivity contribution >= 4 is 0 Å². The number of hydrogen-bond donors (Lipinski definition) is 2. The zero-order valence-electron chi connectivity index (χ0n) is 12.5. The highest BCUT2D eigenvalue weighted by Crippen LogP contribution is 2.15. The Hall–Kier alpha value is -2.28. The average Bonchev–Trinajstić information content (AvgIpc) is 2.58. The van der Waals surface area contributed by atoms with Gasteiger partial charge in [-0.3, -0.25) is 0 Å². The van der Waals surface area contributed by atoms with Gasteiger partial charge in [-0.05, 0) is 23.3 Å². The van der Waals surface area contributed by atoms with Crippen molar-refractivity contribution in [2.45, 2.75) is 19.0 Å². The van der Waals surface area contributed by atoms with E-state index in [1.807, 2.05) is 54.6 Å². The molecule has 0 aromatic heterocycles. The molecule has 2 aromatic rings. The van der Waals surface area contributed by atoms with Gasteiger partial charge in [-0.15, -0.1) is 12.3 Å². The molecule has 2 aromatic carbocycles. The third-order valence-corrected chi connectivity index (χ3v) is 3.38. The summed E-state index contributed by atoms with van der Waals surface area (Å²) in [6, 6.07) is 17.8. The van der Waals surface area contributed by atoms with E-state index in [0.717, 1.165) is 16.9 Å². The predicted octanol–water partition coefficient (Wildman–Crippen LogP) is 2.91. The fraction of sp³-hybridized carbons (Fsp3) is 0.263. The van der Waals surface area contributed by atoms with E-state index < -0.39 is 0 Å². The number of ether oxygens (including phenoxy) is 1. The summed E-state index contributed by atoms with van der Waals surface area (Å²) in [5, 5.41) is 12.9. The van der Waals surface area contributed by atoms with Gasteiger partial charge < -0.3 is 15.2 Å². The Morgan fingerprint density at radius 3 is 2.45 bits per heavy atom. The van der Waals surface area contributed by atoms with Crippen LogP contribution < -0.4 is 10.1 Å². The van der Waals surface area contributed by atoms with Crippen LogP contribution in [-0.4, -0.2) is 18.3 Å². The molecule has 2 N–H and O–H groups in total. The SMILES string of the molecule is C#CCCOc1ccc(CN[C@H](CO)c2ccccc2)cc1. The lowest BCUT2D eigenvalue weighted by Crippen LogP contribution is -2.23. The first-order valence-electron chi connectivity index (χ1n) is 7.38. The Morgan fingerprint density at radius 2 is 1.82 bits per heavy atom. The van der Waals surface area contributed by atoms with E-state index >= 15 is 0 Å². The summed E-state index contributed by atoms with van der Waals surface area (Å²) < 4.78 is 5.51. The van der Waals surface area contributed by atoms with Gasteiger partial charge >= 0.3 is 0 Å². The largest absolute Gasteiger partial charge is 0.493 e. The number of aliphatic hydroxyl groups is 1. The minimum atomic E-state index is -0.0623. The van der Waals surface area contributed by atoms with Crippen molar-refractivity contribution in [3.63, 3.8) is 0 Å². The molecule has 0 unspecified atom stereocenters. The topological polar surface area (TPSA) is 41.5 Å². The van der Waals surface area contributed by atoms with Gasteiger partial charge in [-0.25, -0.2) is 0 Å². The molecule has 0 aliphatic heterocycles. The van der Waals surface area contributed by atoms with Crippen LogP contribution in [0.15, 0.2) is 54.6 Å². The van der Waals surface area contributed by atoms with E-state index in [1.165, 1.54) is 0 Å². The van der Waals surface area contributed by atoms with E-state index in [1.54, 1.807) is 0 Å². The van der Waals surface area contributed by atoms with Gasteiger partial charge in [0.2, 0.25) is 0 Å². The van der Waals surface area contributed by atoms with Crippen LogP contribution >= 0.6 is 0 Å². The van der Waals surface area contributed by atoms with Crippen molar-refractivity contribution in [2.24, 2.45) is 0 Å². The minimum absolute atomic E-state index is 0.0623. The summed E-state index contributed by atoms with van der Waals surface area (Å²) in [7, 11) is 0. The molecule has 0 fully saturated rings. The minimum Gasteiger partial charge on any atom is -0.493 e. The van der Waals surface area contributed by atoms with Crippen LogP contribution in [-0.2, 0) is 6.54 Å². The zero-order chi connectivity index (χ0) is 15.6. The number of hydrogen-bond acceptors (Lipinski definition) is 3. The Bertz CT molecular complexity index is 587. The molecule has 0 saturated heterocycles. The number of rotatable bonds is 8. The van der Waals surface area contributed by atoms with Gasteiger partial charge in [0.05, 0.1) is 19.3 Å². The molecule has 0 aliphatic carbocycles. The maximum absolute atomic E-state index is 9.52. The maximum atomic E-state index is 9.52. The highest BCUT2D eigenvalue weighted by atomic mass is 16.5. The van der Waals surface area contributed by atoms with Crippen LogP contribution in [0.2, 0.25) is 0 Å². The molecule has 0 saturated carbocycles. The van der Waals surface area contributed by atoms with Crippen LogP contribution in [0.4, 0.5) is 0 Å². The Kier molecular flexibility index (Phi) is 6.50. The first-order chi connectivity index (χ1) is 10.8. The van der Waals surface area contributed by atoms with Crippen molar-refractivity contribution < 1.29 is 9.84 Å². The Morgan fingerprint density at radius 1 is 1.09 bits per heavy atom. The smallest absolute Gasteiger partial charge is 0.119 e. The maximum Gasteiger partial charge on any atom is 0.119 e. The highest BCUT2D eigenvalue weighted by molar-refractivity contribution is 5.27. The van der Waals surface area contributed by atoms with E-state index in [9.17, 15) is 5.11 Å². The predicted molar refractivity (Wildman–Crippen MR) is 88.5 cm³/mol. The summed E-state index contributed by atoms with van der Waals surface area (Å²) in [5.41, 5.74) is 2.22. The lowest BCUT2D eigenvalue weighted by molar-refractivity contribution is 0.243. The molecule has 0 aliphatic rings. The molecule has 0 heterocycles. The summed E-state index contributed by atoms with van der Waals surface area (Å²) in [6.07, 6.45) is 5.80. The quantitative estimate of drug-likeness (QED) is 0.581. The van der Waals surface area contributed by atoms with Crippen molar-refractivity contribution in [2.75, 3.05) is 13.2 Å². The normalized spacial score (nSPS) is 11.6. The lowest BCUT2D eigenvalue weighted by atomic mass is 10.1. The van der Waals surface area contributed by atoms with Crippen LogP contribution in [0, 0.1) is 12.3 Å². The highest BCUT2D eigenvalue weighted by Gasteiger charge is 2.08. The molecule has 22 heavy (non-hydrogen) atoms. The van der Waals surface area contributed by atoms with Gasteiger partial charge in [-0.1, -0.05) is 42.5 Å². The molecule has 1 atom stereocenters. The molecule has 114 valence electrons. The Labute approximate surface area is 131 Å². The van der Waals surface area contributed by atoms with E-state index in [4.69, 9.17) is 11.2 Å². The summed E-state index contributed by atoms with van der Waals surface area (Å²) in [4.78, 5) is 0. The summed E-state index contributed by atoms with van der Waals surface area (Å²) in [5.74, 6) is 3.37. The molecule has 0 spiro atoms. The van der Waals surface area contributed by atoms with E-state index in [-0.39, 0.29) is 12.6 Å². The number of aliphatic hydroxyl groups excluding tert-OH is 1. The monoisotopic (exact) mass is 295 g/mol. The van der Waals surface area contributed by atoms with Crippen LogP contribution in [0.5, 0.6) is 5.75 Å². The van der Waals surface area contributed by atoms with Gasteiger partial charge in [0.1, 0.15) is 5.75 Å². The molecular formula is C19H21NO2. The van der Waals surface area contributed by atoms with Crippen LogP contribution in [0.1, 0.15) is 23.6 Å². The van der Waals surface area contributed by atoms with Gasteiger partial charge in [0.25, 0.3) is 0 Å². The molecule has 3 heteroatoms. The summed E-state index contributed by atoms with van der Waals surface area (Å²) in [6.45, 7) is 1.29. The molecule has 0 amide bonds. The van der Waals surface area contributed by atoms with Crippen molar-refractivity contribution in [3.8, 4) is 18.1 Å². The second-order valence-electron chi connectivity index (χ2n) is 4.97. The standard InChI is InChI=1S/C19H21NO2/c1-2-3-13-22-18-11-9-16(10-12-18)14-20-19(15-21)17-7-5-4-6-8-17/h1,4-12,19-21H,3,13-15H2/t19-/m1/s1. The molecule has 2 rings (SSSR count). The second-order valence-corrected chi connectivity index (χ2v) is 4.97. The molecule has 0 radical (unpaired) electrons. The van der Waals surface area contributed by atoms with Crippen molar-refractivity contribution in [3.05, 3.63) is 65.7 Å². The van der Waals surface area contributed by atoms with Gasteiger partial charge in [-0.2, -0.15) is 0 Å². The fourth-order valence-electron chi connectivity index (χ4n) is 2.15. The van der Waals surface area contributed by atoms with E-state index in [2.05, 4.69) is 11.2 Å². The molecule has 3 nitrogen and oxygen atoms in total. The average molecular weight is 295 g/mol. The number of benzene rings is 2. The molecule has 0 bridgehead atoms. The first-order valence-corrected chi connectivity index (χ1v) is 7.38. The first kappa shape index (κ1) is 16.1. The van der Waals surface area contributed by atoms with Gasteiger partial charge in [0.15, 0.2) is 0 Å². The van der Waals surface area contributed by atoms with Crippen LogP contribution in [0.3, 0.4) is 0 Å². The third-order valence-electron chi connectivity index (χ3n) is 3.38. The zero-order valence-corrected chi connectivity index (χ0v) is 12.5. The second kappa shape index (κ2) is 8.89. The van der Waals surface area contributed by atoms with Crippen molar-refractivity contribution in [1.82, 2.24) is 5.32 Å². The lowest BCUT2D eigenvalue weighted by Gasteiger charge is -2.17. The van der Waals surface area contributed by atoms with E-state index in [0.29, 0.717) is 19.6 Å².